The molecule has 9 nitrogen and oxygen atoms in total. The van der Waals surface area contributed by atoms with Crippen LogP contribution in [-0.2, 0) is 5.75 Å². The third-order valence-electron chi connectivity index (χ3n) is 3.88. The molecule has 0 atom stereocenters. The van der Waals surface area contributed by atoms with Gasteiger partial charge in [-0.25, -0.2) is 0 Å². The maximum absolute atomic E-state index is 10.7. The number of aromatic nitrogens is 5. The number of nitrogens with zero attached hydrogens (tertiary/aromatic N) is 7. The lowest BCUT2D eigenvalue weighted by atomic mass is 10.2. The van der Waals surface area contributed by atoms with Crippen molar-refractivity contribution >= 4 is 52.6 Å². The molecule has 0 spiro atoms. The van der Waals surface area contributed by atoms with Crippen LogP contribution in [0.15, 0.2) is 59.0 Å². The SMILES string of the molecule is O=[N+]([O-])c1ccc(CSc2nnc3n(/N=C\c4ccc(Cl)cc4Cl)cnn23)cc1. The van der Waals surface area contributed by atoms with Crippen molar-refractivity contribution in [1.29, 1.82) is 0 Å². The van der Waals surface area contributed by atoms with E-state index in [1.807, 2.05) is 0 Å². The zero-order chi connectivity index (χ0) is 20.4. The third kappa shape index (κ3) is 4.24. The minimum Gasteiger partial charge on any atom is -0.258 e. The van der Waals surface area contributed by atoms with Gasteiger partial charge < -0.3 is 0 Å². The van der Waals surface area contributed by atoms with E-state index in [9.17, 15) is 10.1 Å². The summed E-state index contributed by atoms with van der Waals surface area (Å²) in [5.74, 6) is 1.01. The van der Waals surface area contributed by atoms with Crippen molar-refractivity contribution < 1.29 is 4.92 Å². The van der Waals surface area contributed by atoms with Crippen LogP contribution >= 0.6 is 35.0 Å². The summed E-state index contributed by atoms with van der Waals surface area (Å²) in [5, 5.41) is 29.1. The second-order valence-corrected chi connectivity index (χ2v) is 7.58. The maximum atomic E-state index is 10.7. The molecule has 4 rings (SSSR count). The summed E-state index contributed by atoms with van der Waals surface area (Å²) in [6, 6.07) is 11.5. The summed E-state index contributed by atoms with van der Waals surface area (Å²) in [5.41, 5.74) is 1.68. The molecule has 0 N–H and O–H groups in total. The number of fused-ring (bicyclic) bond motifs is 1. The highest BCUT2D eigenvalue weighted by atomic mass is 35.5. The van der Waals surface area contributed by atoms with Crippen molar-refractivity contribution in [3.63, 3.8) is 0 Å². The molecule has 0 amide bonds. The van der Waals surface area contributed by atoms with Crippen LogP contribution in [0.4, 0.5) is 5.69 Å². The normalized spacial score (nSPS) is 11.5. The summed E-state index contributed by atoms with van der Waals surface area (Å²) < 4.78 is 3.05. The van der Waals surface area contributed by atoms with Gasteiger partial charge in [-0.3, -0.25) is 10.1 Å². The zero-order valence-corrected chi connectivity index (χ0v) is 16.8. The number of non-ortho nitro benzene ring substituents is 1. The average Bonchev–Trinajstić information content (AvgIpc) is 3.28. The minimum atomic E-state index is -0.427. The van der Waals surface area contributed by atoms with Crippen molar-refractivity contribution in [2.45, 2.75) is 10.9 Å². The summed E-state index contributed by atoms with van der Waals surface area (Å²) >= 11 is 13.5. The molecule has 0 saturated heterocycles. The third-order valence-corrected chi connectivity index (χ3v) is 5.43. The predicted molar refractivity (Wildman–Crippen MR) is 111 cm³/mol. The van der Waals surface area contributed by atoms with E-state index in [0.29, 0.717) is 32.3 Å². The van der Waals surface area contributed by atoms with E-state index in [0.717, 1.165) is 5.56 Å². The smallest absolute Gasteiger partial charge is 0.258 e. The molecular formula is C17H11Cl2N7O2S. The number of halogens is 2. The predicted octanol–water partition coefficient (Wildman–Crippen LogP) is 4.32. The van der Waals surface area contributed by atoms with Gasteiger partial charge in [-0.1, -0.05) is 53.2 Å². The largest absolute Gasteiger partial charge is 0.275 e. The summed E-state index contributed by atoms with van der Waals surface area (Å²) in [6.45, 7) is 0. The van der Waals surface area contributed by atoms with Gasteiger partial charge >= 0.3 is 0 Å². The van der Waals surface area contributed by atoms with Gasteiger partial charge in [-0.05, 0) is 17.7 Å². The lowest BCUT2D eigenvalue weighted by molar-refractivity contribution is -0.384. The molecule has 0 saturated carbocycles. The zero-order valence-electron chi connectivity index (χ0n) is 14.5. The number of nitro groups is 1. The maximum Gasteiger partial charge on any atom is 0.275 e. The van der Waals surface area contributed by atoms with Gasteiger partial charge in [-0.15, -0.1) is 10.2 Å². The Kier molecular flexibility index (Phi) is 5.47. The van der Waals surface area contributed by atoms with Gasteiger partial charge in [0.05, 0.1) is 16.2 Å². The van der Waals surface area contributed by atoms with E-state index >= 15 is 0 Å². The Morgan fingerprint density at radius 2 is 1.97 bits per heavy atom. The van der Waals surface area contributed by atoms with E-state index in [-0.39, 0.29) is 5.69 Å². The van der Waals surface area contributed by atoms with Crippen LogP contribution < -0.4 is 0 Å². The molecule has 0 aliphatic rings. The number of rotatable bonds is 6. The number of hydrogen-bond acceptors (Lipinski definition) is 7. The number of benzene rings is 2. The van der Waals surface area contributed by atoms with Gasteiger partial charge in [0, 0.05) is 28.5 Å². The van der Waals surface area contributed by atoms with Crippen molar-refractivity contribution in [3.05, 3.63) is 80.1 Å². The molecule has 0 radical (unpaired) electrons. The van der Waals surface area contributed by atoms with Gasteiger partial charge in [0.2, 0.25) is 5.16 Å². The molecule has 2 heterocycles. The van der Waals surface area contributed by atoms with Crippen LogP contribution in [0.5, 0.6) is 0 Å². The second-order valence-electron chi connectivity index (χ2n) is 5.79. The Bertz CT molecular complexity index is 1220. The van der Waals surface area contributed by atoms with E-state index in [2.05, 4.69) is 20.4 Å². The van der Waals surface area contributed by atoms with Crippen LogP contribution in [-0.4, -0.2) is 35.6 Å². The Balaban J connectivity index is 1.49. The van der Waals surface area contributed by atoms with E-state index in [4.69, 9.17) is 23.2 Å². The molecule has 0 unspecified atom stereocenters. The van der Waals surface area contributed by atoms with Gasteiger partial charge in [-0.2, -0.15) is 19.4 Å². The van der Waals surface area contributed by atoms with Crippen LogP contribution in [0.25, 0.3) is 5.78 Å². The molecule has 12 heteroatoms. The Morgan fingerprint density at radius 3 is 2.69 bits per heavy atom. The fraction of sp³-hybridized carbons (Fsp3) is 0.0588. The number of hydrogen-bond donors (Lipinski definition) is 0. The topological polar surface area (TPSA) is 104 Å². The van der Waals surface area contributed by atoms with Crippen LogP contribution in [0.1, 0.15) is 11.1 Å². The van der Waals surface area contributed by atoms with E-state index < -0.39 is 4.92 Å². The lowest BCUT2D eigenvalue weighted by Crippen LogP contribution is -1.92. The first-order chi connectivity index (χ1) is 14.0. The molecule has 4 aromatic rings. The monoisotopic (exact) mass is 447 g/mol. The number of thioether (sulfide) groups is 1. The molecule has 29 heavy (non-hydrogen) atoms. The number of nitro benzene ring substituents is 1. The second kappa shape index (κ2) is 8.19. The highest BCUT2D eigenvalue weighted by Crippen LogP contribution is 2.23. The van der Waals surface area contributed by atoms with Crippen LogP contribution in [0.3, 0.4) is 0 Å². The first-order valence-electron chi connectivity index (χ1n) is 8.15. The first-order valence-corrected chi connectivity index (χ1v) is 9.90. The first kappa shape index (κ1) is 19.4. The van der Waals surface area contributed by atoms with Gasteiger partial charge in [0.25, 0.3) is 11.5 Å². The molecule has 0 fully saturated rings. The highest BCUT2D eigenvalue weighted by Gasteiger charge is 2.12. The molecule has 2 aromatic heterocycles. The van der Waals surface area contributed by atoms with Gasteiger partial charge in [0.1, 0.15) is 6.33 Å². The van der Waals surface area contributed by atoms with Crippen molar-refractivity contribution in [2.24, 2.45) is 5.10 Å². The molecular weight excluding hydrogens is 437 g/mol. The van der Waals surface area contributed by atoms with Crippen molar-refractivity contribution in [2.75, 3.05) is 0 Å². The van der Waals surface area contributed by atoms with E-state index in [1.54, 1.807) is 41.1 Å². The molecule has 2 aromatic carbocycles. The summed E-state index contributed by atoms with van der Waals surface area (Å²) in [4.78, 5) is 10.3. The minimum absolute atomic E-state index is 0.0565. The Hall–Kier alpha value is -2.95. The van der Waals surface area contributed by atoms with Gasteiger partial charge in [0.15, 0.2) is 0 Å². The molecule has 0 aliphatic carbocycles. The fourth-order valence-corrected chi connectivity index (χ4v) is 3.71. The summed E-state index contributed by atoms with van der Waals surface area (Å²) in [7, 11) is 0. The van der Waals surface area contributed by atoms with Crippen LogP contribution in [0, 0.1) is 10.1 Å². The van der Waals surface area contributed by atoms with Crippen molar-refractivity contribution in [1.82, 2.24) is 24.5 Å². The highest BCUT2D eigenvalue weighted by molar-refractivity contribution is 7.98. The Morgan fingerprint density at radius 1 is 1.17 bits per heavy atom. The molecule has 0 bridgehead atoms. The molecule has 146 valence electrons. The Labute approximate surface area is 178 Å². The quantitative estimate of drug-likeness (QED) is 0.188. The average molecular weight is 448 g/mol. The summed E-state index contributed by atoms with van der Waals surface area (Å²) in [6.07, 6.45) is 3.10. The standard InChI is InChI=1S/C17H11Cl2N7O2S/c18-13-4-3-12(15(19)7-13)8-20-24-10-21-25-16(24)22-23-17(25)29-9-11-1-5-14(6-2-11)26(27)28/h1-8,10H,9H2/b20-8-. The van der Waals surface area contributed by atoms with Crippen LogP contribution in [0.2, 0.25) is 10.0 Å². The van der Waals surface area contributed by atoms with Crippen molar-refractivity contribution in [3.8, 4) is 0 Å². The fourth-order valence-electron chi connectivity index (χ4n) is 2.42. The lowest BCUT2D eigenvalue weighted by Gasteiger charge is -1.99. The molecule has 0 aliphatic heterocycles. The van der Waals surface area contributed by atoms with E-state index in [1.165, 1.54) is 34.9 Å².